The number of fused-ring (bicyclic) bond motifs is 3. The van der Waals surface area contributed by atoms with Crippen LogP contribution in [0.5, 0.6) is 0 Å². The van der Waals surface area contributed by atoms with Gasteiger partial charge in [0.2, 0.25) is 0 Å². The summed E-state index contributed by atoms with van der Waals surface area (Å²) >= 11 is 1.71. The van der Waals surface area contributed by atoms with Gasteiger partial charge in [-0.3, -0.25) is 4.79 Å². The summed E-state index contributed by atoms with van der Waals surface area (Å²) in [7, 11) is 0. The van der Waals surface area contributed by atoms with Crippen LogP contribution in [-0.2, 0) is 12.8 Å². The van der Waals surface area contributed by atoms with Crippen molar-refractivity contribution < 1.29 is 0 Å². The Balaban J connectivity index is 1.85. The lowest BCUT2D eigenvalue weighted by molar-refractivity contribution is 0.699. The van der Waals surface area contributed by atoms with Crippen LogP contribution >= 0.6 is 11.3 Å². The first-order chi connectivity index (χ1) is 10.7. The van der Waals surface area contributed by atoms with E-state index in [-0.39, 0.29) is 11.5 Å². The van der Waals surface area contributed by atoms with Gasteiger partial charge in [-0.1, -0.05) is 37.3 Å². The van der Waals surface area contributed by atoms with Crippen LogP contribution in [-0.4, -0.2) is 9.97 Å². The number of nitrogens with one attached hydrogen (secondary N) is 1. The summed E-state index contributed by atoms with van der Waals surface area (Å²) in [6.45, 7) is 2.09. The van der Waals surface area contributed by atoms with Gasteiger partial charge < -0.3 is 4.98 Å². The number of aromatic amines is 1. The molecule has 0 radical (unpaired) electrons. The van der Waals surface area contributed by atoms with Crippen LogP contribution in [0.2, 0.25) is 0 Å². The van der Waals surface area contributed by atoms with Gasteiger partial charge in [0.05, 0.1) is 5.39 Å². The summed E-state index contributed by atoms with van der Waals surface area (Å²) in [6, 6.07) is 10.2. The van der Waals surface area contributed by atoms with E-state index in [2.05, 4.69) is 24.0 Å². The van der Waals surface area contributed by atoms with Crippen molar-refractivity contribution in [3.8, 4) is 0 Å². The number of hydrogen-bond acceptors (Lipinski definition) is 3. The molecule has 4 heteroatoms. The van der Waals surface area contributed by atoms with E-state index >= 15 is 0 Å². The van der Waals surface area contributed by atoms with Gasteiger partial charge in [-0.15, -0.1) is 11.3 Å². The van der Waals surface area contributed by atoms with Crippen molar-refractivity contribution in [3.05, 3.63) is 62.5 Å². The van der Waals surface area contributed by atoms with E-state index in [1.54, 1.807) is 11.3 Å². The molecule has 2 aromatic heterocycles. The lowest BCUT2D eigenvalue weighted by atomic mass is 9.97. The molecule has 0 fully saturated rings. The van der Waals surface area contributed by atoms with Crippen molar-refractivity contribution in [2.75, 3.05) is 0 Å². The van der Waals surface area contributed by atoms with Gasteiger partial charge in [0.15, 0.2) is 0 Å². The van der Waals surface area contributed by atoms with Gasteiger partial charge in [0.25, 0.3) is 5.56 Å². The van der Waals surface area contributed by atoms with Crippen molar-refractivity contribution in [2.45, 2.75) is 38.5 Å². The highest BCUT2D eigenvalue weighted by atomic mass is 32.1. The van der Waals surface area contributed by atoms with Crippen LogP contribution in [0.1, 0.15) is 47.5 Å². The maximum atomic E-state index is 12.6. The van der Waals surface area contributed by atoms with Crippen molar-refractivity contribution in [3.63, 3.8) is 0 Å². The molecule has 0 saturated carbocycles. The standard InChI is InChI=1S/C18H18N2OS/c1-11(12-7-3-2-4-8-12)16-19-17(21)15-13-9-5-6-10-14(13)22-18(15)20-16/h2-4,7-8,11H,5-6,9-10H2,1H3,(H,19,20,21). The minimum atomic E-state index is 0.0298. The maximum absolute atomic E-state index is 12.6. The minimum absolute atomic E-state index is 0.0298. The molecule has 2 heterocycles. The Morgan fingerprint density at radius 2 is 1.95 bits per heavy atom. The number of thiophene rings is 1. The summed E-state index contributed by atoms with van der Waals surface area (Å²) in [6.07, 6.45) is 4.53. The molecule has 1 N–H and O–H groups in total. The summed E-state index contributed by atoms with van der Waals surface area (Å²) < 4.78 is 0. The first-order valence-corrected chi connectivity index (χ1v) is 8.65. The van der Waals surface area contributed by atoms with E-state index in [1.807, 2.05) is 18.2 Å². The lowest BCUT2D eigenvalue weighted by Crippen LogP contribution is -2.15. The fourth-order valence-electron chi connectivity index (χ4n) is 3.29. The van der Waals surface area contributed by atoms with Crippen molar-refractivity contribution in [1.29, 1.82) is 0 Å². The van der Waals surface area contributed by atoms with Crippen LogP contribution < -0.4 is 5.56 Å². The van der Waals surface area contributed by atoms with E-state index in [9.17, 15) is 4.79 Å². The van der Waals surface area contributed by atoms with Crippen LogP contribution in [0.3, 0.4) is 0 Å². The third-order valence-corrected chi connectivity index (χ3v) is 5.74. The Hall–Kier alpha value is -1.94. The normalized spacial score (nSPS) is 15.7. The van der Waals surface area contributed by atoms with Crippen LogP contribution in [0.4, 0.5) is 0 Å². The molecule has 0 aliphatic heterocycles. The largest absolute Gasteiger partial charge is 0.309 e. The maximum Gasteiger partial charge on any atom is 0.259 e. The zero-order valence-corrected chi connectivity index (χ0v) is 13.4. The second-order valence-electron chi connectivity index (χ2n) is 5.97. The Labute approximate surface area is 133 Å². The topological polar surface area (TPSA) is 45.8 Å². The molecule has 22 heavy (non-hydrogen) atoms. The lowest BCUT2D eigenvalue weighted by Gasteiger charge is -2.11. The molecule has 112 valence electrons. The molecule has 1 aliphatic carbocycles. The van der Waals surface area contributed by atoms with Gasteiger partial charge >= 0.3 is 0 Å². The molecule has 3 nitrogen and oxygen atoms in total. The Kier molecular flexibility index (Phi) is 3.34. The van der Waals surface area contributed by atoms with E-state index < -0.39 is 0 Å². The number of aryl methyl sites for hydroxylation is 2. The molecular weight excluding hydrogens is 292 g/mol. The van der Waals surface area contributed by atoms with Gasteiger partial charge in [0, 0.05) is 10.8 Å². The van der Waals surface area contributed by atoms with Crippen molar-refractivity contribution >= 4 is 21.6 Å². The highest BCUT2D eigenvalue weighted by molar-refractivity contribution is 7.18. The molecule has 0 bridgehead atoms. The Morgan fingerprint density at radius 1 is 1.18 bits per heavy atom. The molecule has 1 atom stereocenters. The average Bonchev–Trinajstić information content (AvgIpc) is 2.93. The van der Waals surface area contributed by atoms with Crippen LogP contribution in [0.25, 0.3) is 10.2 Å². The molecule has 4 rings (SSSR count). The number of aromatic nitrogens is 2. The molecule has 0 spiro atoms. The quantitative estimate of drug-likeness (QED) is 0.777. The number of rotatable bonds is 2. The fourth-order valence-corrected chi connectivity index (χ4v) is 4.55. The number of H-pyrrole nitrogens is 1. The zero-order chi connectivity index (χ0) is 15.1. The second-order valence-corrected chi connectivity index (χ2v) is 7.06. The van der Waals surface area contributed by atoms with E-state index in [4.69, 9.17) is 4.98 Å². The van der Waals surface area contributed by atoms with Crippen molar-refractivity contribution in [1.82, 2.24) is 9.97 Å². The van der Waals surface area contributed by atoms with E-state index in [0.29, 0.717) is 0 Å². The molecule has 1 unspecified atom stereocenters. The summed E-state index contributed by atoms with van der Waals surface area (Å²) in [5.74, 6) is 0.861. The predicted molar refractivity (Wildman–Crippen MR) is 90.8 cm³/mol. The van der Waals surface area contributed by atoms with Gasteiger partial charge in [-0.05, 0) is 36.8 Å². The van der Waals surface area contributed by atoms with E-state index in [0.717, 1.165) is 28.9 Å². The monoisotopic (exact) mass is 310 g/mol. The Morgan fingerprint density at radius 3 is 2.77 bits per heavy atom. The third-order valence-electron chi connectivity index (χ3n) is 4.55. The number of nitrogens with zero attached hydrogens (tertiary/aromatic N) is 1. The fraction of sp³-hybridized carbons (Fsp3) is 0.333. The first kappa shape index (κ1) is 13.7. The van der Waals surface area contributed by atoms with Crippen molar-refractivity contribution in [2.24, 2.45) is 0 Å². The summed E-state index contributed by atoms with van der Waals surface area (Å²) in [4.78, 5) is 22.7. The SMILES string of the molecule is CC(c1ccccc1)c1nc2sc3c(c2c(=O)[nH]1)CCCC3. The third kappa shape index (κ3) is 2.18. The van der Waals surface area contributed by atoms with E-state index in [1.165, 1.54) is 28.8 Å². The minimum Gasteiger partial charge on any atom is -0.309 e. The highest BCUT2D eigenvalue weighted by Crippen LogP contribution is 2.34. The summed E-state index contributed by atoms with van der Waals surface area (Å²) in [5, 5.41) is 0.837. The molecule has 0 saturated heterocycles. The zero-order valence-electron chi connectivity index (χ0n) is 12.6. The molecule has 1 aromatic carbocycles. The molecular formula is C18H18N2OS. The summed E-state index contributed by atoms with van der Waals surface area (Å²) in [5.41, 5.74) is 2.45. The van der Waals surface area contributed by atoms with Crippen LogP contribution in [0, 0.1) is 0 Å². The van der Waals surface area contributed by atoms with Crippen LogP contribution in [0.15, 0.2) is 35.1 Å². The number of benzene rings is 1. The predicted octanol–water partition coefficient (Wildman–Crippen LogP) is 4.02. The van der Waals surface area contributed by atoms with Gasteiger partial charge in [-0.25, -0.2) is 4.98 Å². The van der Waals surface area contributed by atoms with Gasteiger partial charge in [-0.2, -0.15) is 0 Å². The van der Waals surface area contributed by atoms with Gasteiger partial charge in [0.1, 0.15) is 10.7 Å². The Bertz CT molecular complexity index is 879. The first-order valence-electron chi connectivity index (χ1n) is 7.83. The highest BCUT2D eigenvalue weighted by Gasteiger charge is 2.21. The molecule has 0 amide bonds. The molecule has 1 aliphatic rings. The molecule has 3 aromatic rings. The number of hydrogen-bond donors (Lipinski definition) is 1. The second kappa shape index (κ2) is 5.36. The average molecular weight is 310 g/mol. The smallest absolute Gasteiger partial charge is 0.259 e.